The van der Waals surface area contributed by atoms with Gasteiger partial charge in [-0.2, -0.15) is 0 Å². The summed E-state index contributed by atoms with van der Waals surface area (Å²) in [6.07, 6.45) is 1.51. The number of hydrogen-bond acceptors (Lipinski definition) is 8. The van der Waals surface area contributed by atoms with Gasteiger partial charge in [-0.15, -0.1) is 0 Å². The zero-order valence-electron chi connectivity index (χ0n) is 19.6. The zero-order chi connectivity index (χ0) is 26.4. The van der Waals surface area contributed by atoms with Crippen molar-refractivity contribution in [1.82, 2.24) is 4.90 Å². The highest BCUT2D eigenvalue weighted by Crippen LogP contribution is 2.39. The van der Waals surface area contributed by atoms with Gasteiger partial charge < -0.3 is 19.5 Å². The number of nitrogens with zero attached hydrogens (tertiary/aromatic N) is 1. The summed E-state index contributed by atoms with van der Waals surface area (Å²) in [6, 6.07) is 8.46. The summed E-state index contributed by atoms with van der Waals surface area (Å²) >= 11 is 10.2. The van der Waals surface area contributed by atoms with E-state index in [-0.39, 0.29) is 11.5 Å². The lowest BCUT2D eigenvalue weighted by atomic mass is 10.2. The molecular formula is C24H22BrClN2O7S. The Labute approximate surface area is 225 Å². The predicted octanol–water partition coefficient (Wildman–Crippen LogP) is 5.04. The number of amides is 3. The van der Waals surface area contributed by atoms with Gasteiger partial charge in [-0.1, -0.05) is 17.7 Å². The van der Waals surface area contributed by atoms with Gasteiger partial charge >= 0.3 is 5.97 Å². The summed E-state index contributed by atoms with van der Waals surface area (Å²) in [6.45, 7) is 3.21. The van der Waals surface area contributed by atoms with Crippen molar-refractivity contribution in [3.63, 3.8) is 0 Å². The van der Waals surface area contributed by atoms with Gasteiger partial charge in [0.05, 0.1) is 23.1 Å². The van der Waals surface area contributed by atoms with Crippen molar-refractivity contribution < 1.29 is 33.4 Å². The molecule has 0 bridgehead atoms. The van der Waals surface area contributed by atoms with Gasteiger partial charge in [0, 0.05) is 10.7 Å². The Kier molecular flexibility index (Phi) is 9.41. The van der Waals surface area contributed by atoms with E-state index in [0.29, 0.717) is 50.6 Å². The molecule has 2 aromatic rings. The second-order valence-corrected chi connectivity index (χ2v) is 9.66. The molecule has 1 aliphatic heterocycles. The van der Waals surface area contributed by atoms with Gasteiger partial charge in [-0.25, -0.2) is 0 Å². The first-order valence-electron chi connectivity index (χ1n) is 10.6. The van der Waals surface area contributed by atoms with Crippen LogP contribution >= 0.6 is 39.3 Å². The second kappa shape index (κ2) is 12.3. The standard InChI is InChI=1S/C24H22BrClN2O7S/c1-4-34-18-8-14(9-19-23(31)28(24(32)36-19)11-21(30)33-3)7-16(25)22(18)35-12-20(29)27-15-6-5-13(2)17(26)10-15/h5-10H,4,11-12H2,1-3H3,(H,27,29)/b19-9-. The number of hydrogen-bond donors (Lipinski definition) is 1. The highest BCUT2D eigenvalue weighted by Gasteiger charge is 2.36. The molecule has 1 fully saturated rings. The second-order valence-electron chi connectivity index (χ2n) is 7.41. The smallest absolute Gasteiger partial charge is 0.325 e. The normalized spacial score (nSPS) is 14.2. The molecule has 1 aliphatic rings. The van der Waals surface area contributed by atoms with Gasteiger partial charge in [0.1, 0.15) is 6.54 Å². The lowest BCUT2D eigenvalue weighted by Crippen LogP contribution is -2.34. The van der Waals surface area contributed by atoms with Crippen molar-refractivity contribution in [3.8, 4) is 11.5 Å². The lowest BCUT2D eigenvalue weighted by Gasteiger charge is -2.15. The maximum Gasteiger partial charge on any atom is 0.325 e. The molecule has 2 aromatic carbocycles. The van der Waals surface area contributed by atoms with Crippen LogP contribution in [-0.2, 0) is 19.1 Å². The van der Waals surface area contributed by atoms with Crippen LogP contribution in [0.1, 0.15) is 18.1 Å². The van der Waals surface area contributed by atoms with Crippen LogP contribution in [0, 0.1) is 6.92 Å². The van der Waals surface area contributed by atoms with Gasteiger partial charge in [0.15, 0.2) is 18.1 Å². The molecule has 0 aliphatic carbocycles. The minimum atomic E-state index is -0.698. The number of benzene rings is 2. The van der Waals surface area contributed by atoms with Crippen LogP contribution in [0.5, 0.6) is 11.5 Å². The number of methoxy groups -OCH3 is 1. The average molecular weight is 598 g/mol. The first kappa shape index (κ1) is 27.6. The van der Waals surface area contributed by atoms with Gasteiger partial charge in [0.2, 0.25) is 0 Å². The Morgan fingerprint density at radius 2 is 1.94 bits per heavy atom. The molecule has 0 atom stereocenters. The van der Waals surface area contributed by atoms with Gasteiger partial charge in [0.25, 0.3) is 17.1 Å². The van der Waals surface area contributed by atoms with Crippen LogP contribution in [0.4, 0.5) is 10.5 Å². The fourth-order valence-electron chi connectivity index (χ4n) is 3.06. The van der Waals surface area contributed by atoms with E-state index < -0.39 is 29.6 Å². The fourth-order valence-corrected chi connectivity index (χ4v) is 4.65. The lowest BCUT2D eigenvalue weighted by molar-refractivity contribution is -0.143. The van der Waals surface area contributed by atoms with Crippen molar-refractivity contribution in [1.29, 1.82) is 0 Å². The molecule has 0 saturated carbocycles. The van der Waals surface area contributed by atoms with E-state index >= 15 is 0 Å². The van der Waals surface area contributed by atoms with E-state index in [4.69, 9.17) is 21.1 Å². The predicted molar refractivity (Wildman–Crippen MR) is 140 cm³/mol. The molecule has 3 amide bonds. The van der Waals surface area contributed by atoms with Crippen LogP contribution in [0.15, 0.2) is 39.7 Å². The van der Waals surface area contributed by atoms with Crippen molar-refractivity contribution in [3.05, 3.63) is 55.9 Å². The molecule has 1 N–H and O–H groups in total. The molecule has 0 unspecified atom stereocenters. The molecule has 12 heteroatoms. The van der Waals surface area contributed by atoms with Gasteiger partial charge in [-0.3, -0.25) is 24.1 Å². The molecule has 1 heterocycles. The molecule has 9 nitrogen and oxygen atoms in total. The number of carbonyl (C=O) groups excluding carboxylic acids is 4. The van der Waals surface area contributed by atoms with E-state index in [1.54, 1.807) is 37.3 Å². The monoisotopic (exact) mass is 596 g/mol. The first-order chi connectivity index (χ1) is 17.1. The number of halogens is 2. The molecule has 36 heavy (non-hydrogen) atoms. The summed E-state index contributed by atoms with van der Waals surface area (Å²) < 4.78 is 16.4. The largest absolute Gasteiger partial charge is 0.490 e. The minimum absolute atomic E-state index is 0.142. The SMILES string of the molecule is CCOc1cc(/C=C2\SC(=O)N(CC(=O)OC)C2=O)cc(Br)c1OCC(=O)Nc1ccc(C)c(Cl)c1. The van der Waals surface area contributed by atoms with E-state index in [9.17, 15) is 19.2 Å². The number of imide groups is 1. The van der Waals surface area contributed by atoms with E-state index in [2.05, 4.69) is 26.0 Å². The van der Waals surface area contributed by atoms with E-state index in [1.165, 1.54) is 13.2 Å². The molecule has 3 rings (SSSR count). The van der Waals surface area contributed by atoms with Crippen LogP contribution in [0.3, 0.4) is 0 Å². The highest BCUT2D eigenvalue weighted by atomic mass is 79.9. The summed E-state index contributed by atoms with van der Waals surface area (Å²) in [7, 11) is 1.18. The Bertz CT molecular complexity index is 1250. The fraction of sp³-hybridized carbons (Fsp3) is 0.250. The van der Waals surface area contributed by atoms with Crippen LogP contribution in [0.2, 0.25) is 5.02 Å². The van der Waals surface area contributed by atoms with E-state index in [0.717, 1.165) is 10.5 Å². The third-order valence-corrected chi connectivity index (χ3v) is 6.72. The molecule has 0 radical (unpaired) electrons. The maximum absolute atomic E-state index is 12.6. The van der Waals surface area contributed by atoms with Crippen molar-refractivity contribution in [2.75, 3.05) is 32.2 Å². The Hall–Kier alpha value is -3.02. The number of anilines is 1. The minimum Gasteiger partial charge on any atom is -0.490 e. The van der Waals surface area contributed by atoms with Gasteiger partial charge in [-0.05, 0) is 83.0 Å². The molecule has 0 aromatic heterocycles. The maximum atomic E-state index is 12.6. The summed E-state index contributed by atoms with van der Waals surface area (Å²) in [5.41, 5.74) is 1.98. The Balaban J connectivity index is 1.76. The first-order valence-corrected chi connectivity index (χ1v) is 12.6. The zero-order valence-corrected chi connectivity index (χ0v) is 22.7. The number of rotatable bonds is 9. The third kappa shape index (κ3) is 6.80. The number of aryl methyl sites for hydroxylation is 1. The highest BCUT2D eigenvalue weighted by molar-refractivity contribution is 9.10. The van der Waals surface area contributed by atoms with Crippen molar-refractivity contribution in [2.24, 2.45) is 0 Å². The van der Waals surface area contributed by atoms with Crippen LogP contribution in [0.25, 0.3) is 6.08 Å². The summed E-state index contributed by atoms with van der Waals surface area (Å²) in [4.78, 5) is 49.6. The summed E-state index contributed by atoms with van der Waals surface area (Å²) in [5.74, 6) is -1.07. The molecule has 190 valence electrons. The quantitative estimate of drug-likeness (QED) is 0.316. The third-order valence-electron chi connectivity index (χ3n) is 4.82. The van der Waals surface area contributed by atoms with Crippen molar-refractivity contribution in [2.45, 2.75) is 13.8 Å². The topological polar surface area (TPSA) is 111 Å². The number of thioether (sulfide) groups is 1. The van der Waals surface area contributed by atoms with E-state index in [1.807, 2.05) is 6.92 Å². The van der Waals surface area contributed by atoms with Crippen LogP contribution < -0.4 is 14.8 Å². The average Bonchev–Trinajstić information content (AvgIpc) is 3.08. The molecule has 0 spiro atoms. The van der Waals surface area contributed by atoms with Crippen molar-refractivity contribution >= 4 is 74.1 Å². The number of ether oxygens (including phenoxy) is 3. The number of esters is 1. The Morgan fingerprint density at radius 3 is 2.61 bits per heavy atom. The number of carbonyl (C=O) groups is 4. The molecule has 1 saturated heterocycles. The van der Waals surface area contributed by atoms with Crippen LogP contribution in [-0.4, -0.2) is 54.8 Å². The molecular weight excluding hydrogens is 576 g/mol. The number of nitrogens with one attached hydrogen (secondary N) is 1. The summed E-state index contributed by atoms with van der Waals surface area (Å²) in [5, 5.41) is 2.69. The Morgan fingerprint density at radius 1 is 1.19 bits per heavy atom.